The molecule has 1 fully saturated rings. The topological polar surface area (TPSA) is 82.1 Å². The van der Waals surface area contributed by atoms with E-state index >= 15 is 0 Å². The third-order valence-corrected chi connectivity index (χ3v) is 5.54. The van der Waals surface area contributed by atoms with Gasteiger partial charge in [0.05, 0.1) is 11.9 Å². The molecule has 8 nitrogen and oxygen atoms in total. The van der Waals surface area contributed by atoms with E-state index in [0.717, 1.165) is 43.1 Å². The summed E-state index contributed by atoms with van der Waals surface area (Å²) in [6, 6.07) is 11.8. The Morgan fingerprint density at radius 3 is 2.53 bits per heavy atom. The zero-order valence-electron chi connectivity index (χ0n) is 17.1. The Balaban J connectivity index is 1.42. The van der Waals surface area contributed by atoms with Crippen LogP contribution in [0.25, 0.3) is 11.4 Å². The molecule has 30 heavy (non-hydrogen) atoms. The van der Waals surface area contributed by atoms with Gasteiger partial charge in [0.1, 0.15) is 12.4 Å². The second kappa shape index (κ2) is 8.76. The van der Waals surface area contributed by atoms with Crippen LogP contribution in [0, 0.1) is 11.7 Å². The molecular weight excluding hydrogens is 398 g/mol. The lowest BCUT2D eigenvalue weighted by Crippen LogP contribution is -2.44. The number of nitrogens with one attached hydrogen (secondary N) is 2. The standard InChI is InChI=1S/C21H25N7OS/c1-15-3-5-16(6-4-15)20-24-25-21(30)28(20)14-19(29)23-17-7-8-18(22-13-17)27-11-9-26(2)10-12-27/h3-8,13H,9-12,14H2,1-2H3,(H,23,29)(H,25,30). The molecule has 0 atom stereocenters. The third kappa shape index (κ3) is 4.58. The van der Waals surface area contributed by atoms with Gasteiger partial charge in [-0.2, -0.15) is 5.10 Å². The van der Waals surface area contributed by atoms with Crippen molar-refractivity contribution in [3.63, 3.8) is 0 Å². The van der Waals surface area contributed by atoms with E-state index in [9.17, 15) is 4.79 Å². The number of aryl methyl sites for hydroxylation is 1. The van der Waals surface area contributed by atoms with Crippen molar-refractivity contribution in [2.45, 2.75) is 13.5 Å². The van der Waals surface area contributed by atoms with Crippen LogP contribution in [0.5, 0.6) is 0 Å². The molecule has 4 rings (SSSR count). The van der Waals surface area contributed by atoms with Crippen molar-refractivity contribution in [3.8, 4) is 11.4 Å². The van der Waals surface area contributed by atoms with Crippen molar-refractivity contribution in [2.24, 2.45) is 0 Å². The molecule has 1 amide bonds. The van der Waals surface area contributed by atoms with Gasteiger partial charge in [0.15, 0.2) is 10.6 Å². The monoisotopic (exact) mass is 423 g/mol. The largest absolute Gasteiger partial charge is 0.354 e. The second-order valence-electron chi connectivity index (χ2n) is 7.55. The summed E-state index contributed by atoms with van der Waals surface area (Å²) in [4.78, 5) is 21.7. The minimum absolute atomic E-state index is 0.0682. The molecular formula is C21H25N7OS. The molecule has 9 heteroatoms. The van der Waals surface area contributed by atoms with E-state index in [0.29, 0.717) is 16.3 Å². The molecule has 0 aliphatic carbocycles. The Hall–Kier alpha value is -3.04. The van der Waals surface area contributed by atoms with Gasteiger partial charge in [-0.05, 0) is 38.3 Å². The fourth-order valence-corrected chi connectivity index (χ4v) is 3.61. The minimum atomic E-state index is -0.185. The molecule has 156 valence electrons. The number of pyridine rings is 1. The highest BCUT2D eigenvalue weighted by Gasteiger charge is 2.16. The van der Waals surface area contributed by atoms with Crippen LogP contribution in [0.2, 0.25) is 0 Å². The molecule has 1 aliphatic heterocycles. The lowest BCUT2D eigenvalue weighted by atomic mass is 10.1. The van der Waals surface area contributed by atoms with Crippen LogP contribution in [0.15, 0.2) is 42.6 Å². The SMILES string of the molecule is Cc1ccc(-c2n[nH]c(=S)n2CC(=O)Nc2ccc(N3CCN(C)CC3)nc2)cc1. The Morgan fingerprint density at radius 2 is 1.87 bits per heavy atom. The quantitative estimate of drug-likeness (QED) is 0.614. The zero-order valence-corrected chi connectivity index (χ0v) is 17.9. The summed E-state index contributed by atoms with van der Waals surface area (Å²) in [5, 5.41) is 9.97. The van der Waals surface area contributed by atoms with Crippen LogP contribution in [-0.4, -0.2) is 63.8 Å². The van der Waals surface area contributed by atoms with E-state index in [4.69, 9.17) is 12.2 Å². The van der Waals surface area contributed by atoms with Gasteiger partial charge in [-0.1, -0.05) is 29.8 Å². The lowest BCUT2D eigenvalue weighted by molar-refractivity contribution is -0.116. The van der Waals surface area contributed by atoms with E-state index in [1.807, 2.05) is 43.3 Å². The maximum Gasteiger partial charge on any atom is 0.244 e. The van der Waals surface area contributed by atoms with E-state index in [-0.39, 0.29) is 12.5 Å². The Bertz CT molecular complexity index is 1060. The number of aromatic nitrogens is 4. The van der Waals surface area contributed by atoms with Crippen LogP contribution < -0.4 is 10.2 Å². The van der Waals surface area contributed by atoms with Crippen molar-refractivity contribution in [2.75, 3.05) is 43.4 Å². The molecule has 3 aromatic rings. The summed E-state index contributed by atoms with van der Waals surface area (Å²) in [7, 11) is 2.12. The molecule has 1 saturated heterocycles. The first-order valence-electron chi connectivity index (χ1n) is 9.91. The molecule has 0 bridgehead atoms. The van der Waals surface area contributed by atoms with Crippen LogP contribution in [-0.2, 0) is 11.3 Å². The van der Waals surface area contributed by atoms with E-state index in [2.05, 4.69) is 37.3 Å². The van der Waals surface area contributed by atoms with Crippen LogP contribution in [0.3, 0.4) is 0 Å². The minimum Gasteiger partial charge on any atom is -0.354 e. The van der Waals surface area contributed by atoms with Crippen LogP contribution >= 0.6 is 12.2 Å². The molecule has 3 heterocycles. The summed E-state index contributed by atoms with van der Waals surface area (Å²) < 4.78 is 2.10. The highest BCUT2D eigenvalue weighted by Crippen LogP contribution is 2.19. The Kier molecular flexibility index (Phi) is 5.91. The van der Waals surface area contributed by atoms with Gasteiger partial charge in [0.2, 0.25) is 5.91 Å². The first kappa shape index (κ1) is 20.2. The van der Waals surface area contributed by atoms with E-state index in [1.54, 1.807) is 10.8 Å². The average molecular weight is 424 g/mol. The number of likely N-dealkylation sites (N-methyl/N-ethyl adjacent to an activating group) is 1. The fraction of sp³-hybridized carbons (Fsp3) is 0.333. The molecule has 1 aliphatic rings. The normalized spacial score (nSPS) is 14.7. The summed E-state index contributed by atoms with van der Waals surface area (Å²) in [5.74, 6) is 1.38. The van der Waals surface area contributed by atoms with Gasteiger partial charge >= 0.3 is 0 Å². The molecule has 2 N–H and O–H groups in total. The number of carbonyl (C=O) groups is 1. The maximum atomic E-state index is 12.6. The maximum absolute atomic E-state index is 12.6. The first-order chi connectivity index (χ1) is 14.5. The number of piperazine rings is 1. The first-order valence-corrected chi connectivity index (χ1v) is 10.3. The number of rotatable bonds is 5. The summed E-state index contributed by atoms with van der Waals surface area (Å²) in [6.07, 6.45) is 1.70. The Labute approximate surface area is 180 Å². The summed E-state index contributed by atoms with van der Waals surface area (Å²) in [5.41, 5.74) is 2.72. The van der Waals surface area contributed by atoms with Gasteiger partial charge in [0.25, 0.3) is 0 Å². The van der Waals surface area contributed by atoms with Crippen LogP contribution in [0.1, 0.15) is 5.56 Å². The van der Waals surface area contributed by atoms with E-state index in [1.165, 1.54) is 0 Å². The average Bonchev–Trinajstić information content (AvgIpc) is 3.10. The number of carbonyl (C=O) groups excluding carboxylic acids is 1. The molecule has 0 radical (unpaired) electrons. The van der Waals surface area contributed by atoms with Crippen molar-refractivity contribution in [1.29, 1.82) is 0 Å². The number of aromatic amines is 1. The number of amides is 1. The lowest BCUT2D eigenvalue weighted by Gasteiger charge is -2.33. The van der Waals surface area contributed by atoms with Gasteiger partial charge in [-0.15, -0.1) is 0 Å². The van der Waals surface area contributed by atoms with Crippen molar-refractivity contribution in [3.05, 3.63) is 52.9 Å². The van der Waals surface area contributed by atoms with E-state index < -0.39 is 0 Å². The number of hydrogen-bond acceptors (Lipinski definition) is 6. The van der Waals surface area contributed by atoms with Gasteiger partial charge in [-0.25, -0.2) is 4.98 Å². The molecule has 0 spiro atoms. The molecule has 0 unspecified atom stereocenters. The Morgan fingerprint density at radius 1 is 1.13 bits per heavy atom. The molecule has 1 aromatic carbocycles. The third-order valence-electron chi connectivity index (χ3n) is 5.23. The second-order valence-corrected chi connectivity index (χ2v) is 7.93. The predicted molar refractivity (Wildman–Crippen MR) is 120 cm³/mol. The van der Waals surface area contributed by atoms with Gasteiger partial charge in [-0.3, -0.25) is 14.5 Å². The number of nitrogens with zero attached hydrogens (tertiary/aromatic N) is 5. The molecule has 0 saturated carbocycles. The van der Waals surface area contributed by atoms with Crippen molar-refractivity contribution >= 4 is 29.6 Å². The number of anilines is 2. The van der Waals surface area contributed by atoms with Crippen molar-refractivity contribution < 1.29 is 4.79 Å². The zero-order chi connectivity index (χ0) is 21.1. The summed E-state index contributed by atoms with van der Waals surface area (Å²) >= 11 is 5.32. The highest BCUT2D eigenvalue weighted by molar-refractivity contribution is 7.71. The van der Waals surface area contributed by atoms with Crippen molar-refractivity contribution in [1.82, 2.24) is 24.6 Å². The van der Waals surface area contributed by atoms with Gasteiger partial charge < -0.3 is 15.1 Å². The highest BCUT2D eigenvalue weighted by atomic mass is 32.1. The predicted octanol–water partition coefficient (Wildman–Crippen LogP) is 2.70. The number of hydrogen-bond donors (Lipinski definition) is 2. The fourth-order valence-electron chi connectivity index (χ4n) is 3.41. The number of H-pyrrole nitrogens is 1. The van der Waals surface area contributed by atoms with Crippen LogP contribution in [0.4, 0.5) is 11.5 Å². The van der Waals surface area contributed by atoms with Gasteiger partial charge in [0, 0.05) is 31.7 Å². The summed E-state index contributed by atoms with van der Waals surface area (Å²) in [6.45, 7) is 6.05. The smallest absolute Gasteiger partial charge is 0.244 e. The number of benzene rings is 1. The molecule has 2 aromatic heterocycles.